The first-order chi connectivity index (χ1) is 8.24. The molecule has 5 nitrogen and oxygen atoms in total. The Morgan fingerprint density at radius 3 is 2.53 bits per heavy atom. The van der Waals surface area contributed by atoms with Crippen LogP contribution in [-0.2, 0) is 16.0 Å². The zero-order chi connectivity index (χ0) is 12.3. The summed E-state index contributed by atoms with van der Waals surface area (Å²) in [6.07, 6.45) is 1.98. The van der Waals surface area contributed by atoms with Crippen LogP contribution in [0.4, 0.5) is 5.82 Å². The van der Waals surface area contributed by atoms with Crippen molar-refractivity contribution in [1.29, 1.82) is 0 Å². The van der Waals surface area contributed by atoms with E-state index in [9.17, 15) is 0 Å². The zero-order valence-corrected chi connectivity index (χ0v) is 10.3. The Morgan fingerprint density at radius 2 is 2.00 bits per heavy atom. The predicted molar refractivity (Wildman–Crippen MR) is 65.5 cm³/mol. The number of methoxy groups -OCH3 is 2. The SMILES string of the molecule is COC1CN(Cc2cccnc2N)CC1OC. The molecule has 1 aromatic heterocycles. The first-order valence-electron chi connectivity index (χ1n) is 5.72. The number of hydrogen-bond donors (Lipinski definition) is 1. The van der Waals surface area contributed by atoms with Crippen LogP contribution in [0.3, 0.4) is 0 Å². The van der Waals surface area contributed by atoms with Crippen molar-refractivity contribution >= 4 is 5.82 Å². The van der Waals surface area contributed by atoms with E-state index in [1.165, 1.54) is 0 Å². The Hall–Kier alpha value is -1.17. The lowest BCUT2D eigenvalue weighted by atomic mass is 10.2. The first kappa shape index (κ1) is 12.3. The molecule has 1 aromatic rings. The Morgan fingerprint density at radius 1 is 1.35 bits per heavy atom. The molecule has 0 bridgehead atoms. The van der Waals surface area contributed by atoms with Crippen LogP contribution in [0.2, 0.25) is 0 Å². The van der Waals surface area contributed by atoms with E-state index >= 15 is 0 Å². The van der Waals surface area contributed by atoms with Gasteiger partial charge in [-0.1, -0.05) is 6.07 Å². The number of ether oxygens (including phenoxy) is 2. The summed E-state index contributed by atoms with van der Waals surface area (Å²) in [5.74, 6) is 0.599. The highest BCUT2D eigenvalue weighted by Gasteiger charge is 2.32. The van der Waals surface area contributed by atoms with Crippen molar-refractivity contribution in [3.8, 4) is 0 Å². The van der Waals surface area contributed by atoms with Crippen LogP contribution in [0.5, 0.6) is 0 Å². The second kappa shape index (κ2) is 5.44. The highest BCUT2D eigenvalue weighted by Crippen LogP contribution is 2.19. The van der Waals surface area contributed by atoms with Crippen molar-refractivity contribution in [3.05, 3.63) is 23.9 Å². The number of hydrogen-bond acceptors (Lipinski definition) is 5. The van der Waals surface area contributed by atoms with Crippen molar-refractivity contribution in [2.45, 2.75) is 18.8 Å². The topological polar surface area (TPSA) is 60.6 Å². The Balaban J connectivity index is 1.99. The third-order valence-corrected chi connectivity index (χ3v) is 3.22. The monoisotopic (exact) mass is 237 g/mol. The van der Waals surface area contributed by atoms with Gasteiger partial charge in [0.2, 0.25) is 0 Å². The van der Waals surface area contributed by atoms with Gasteiger partial charge in [-0.05, 0) is 6.07 Å². The lowest BCUT2D eigenvalue weighted by molar-refractivity contribution is -0.00461. The molecule has 1 fully saturated rings. The van der Waals surface area contributed by atoms with Crippen LogP contribution in [0, 0.1) is 0 Å². The molecule has 0 radical (unpaired) electrons. The molecule has 0 spiro atoms. The van der Waals surface area contributed by atoms with Gasteiger partial charge in [-0.15, -0.1) is 0 Å². The molecule has 0 aliphatic carbocycles. The quantitative estimate of drug-likeness (QED) is 0.826. The van der Waals surface area contributed by atoms with Crippen molar-refractivity contribution in [1.82, 2.24) is 9.88 Å². The summed E-state index contributed by atoms with van der Waals surface area (Å²) in [7, 11) is 3.44. The molecule has 2 rings (SSSR count). The van der Waals surface area contributed by atoms with Gasteiger partial charge in [0.25, 0.3) is 0 Å². The molecular weight excluding hydrogens is 218 g/mol. The molecule has 1 aliphatic heterocycles. The second-order valence-electron chi connectivity index (χ2n) is 4.29. The molecule has 2 unspecified atom stereocenters. The molecule has 2 heterocycles. The third kappa shape index (κ3) is 2.74. The van der Waals surface area contributed by atoms with Crippen LogP contribution in [0.15, 0.2) is 18.3 Å². The van der Waals surface area contributed by atoms with E-state index in [4.69, 9.17) is 15.2 Å². The molecular formula is C12H19N3O2. The number of nitrogens with zero attached hydrogens (tertiary/aromatic N) is 2. The van der Waals surface area contributed by atoms with Gasteiger partial charge in [-0.3, -0.25) is 4.90 Å². The standard InChI is InChI=1S/C12H19N3O2/c1-16-10-7-15(8-11(10)17-2)6-9-4-3-5-14-12(9)13/h3-5,10-11H,6-8H2,1-2H3,(H2,13,14). The van der Waals surface area contributed by atoms with Gasteiger partial charge < -0.3 is 15.2 Å². The van der Waals surface area contributed by atoms with Crippen LogP contribution in [0.1, 0.15) is 5.56 Å². The van der Waals surface area contributed by atoms with Crippen molar-refractivity contribution in [2.75, 3.05) is 33.0 Å². The zero-order valence-electron chi connectivity index (χ0n) is 10.3. The minimum Gasteiger partial charge on any atom is -0.383 e. The Labute approximate surface area is 102 Å². The Bertz CT molecular complexity index is 361. The van der Waals surface area contributed by atoms with E-state index in [-0.39, 0.29) is 12.2 Å². The summed E-state index contributed by atoms with van der Waals surface area (Å²) in [4.78, 5) is 6.36. The molecule has 0 amide bonds. The lowest BCUT2D eigenvalue weighted by Crippen LogP contribution is -2.27. The fourth-order valence-corrected chi connectivity index (χ4v) is 2.23. The molecule has 17 heavy (non-hydrogen) atoms. The summed E-state index contributed by atoms with van der Waals surface area (Å²) in [5, 5.41) is 0. The summed E-state index contributed by atoms with van der Waals surface area (Å²) >= 11 is 0. The van der Waals surface area contributed by atoms with E-state index < -0.39 is 0 Å². The molecule has 5 heteroatoms. The number of nitrogens with two attached hydrogens (primary N) is 1. The molecule has 1 aliphatic rings. The third-order valence-electron chi connectivity index (χ3n) is 3.22. The Kier molecular flexibility index (Phi) is 3.93. The number of aromatic nitrogens is 1. The van der Waals surface area contributed by atoms with E-state index in [2.05, 4.69) is 9.88 Å². The van der Waals surface area contributed by atoms with E-state index in [1.54, 1.807) is 20.4 Å². The summed E-state index contributed by atoms with van der Waals surface area (Å²) < 4.78 is 10.8. The molecule has 94 valence electrons. The summed E-state index contributed by atoms with van der Waals surface area (Å²) in [5.41, 5.74) is 6.89. The largest absolute Gasteiger partial charge is 0.383 e. The number of rotatable bonds is 4. The van der Waals surface area contributed by atoms with E-state index in [1.807, 2.05) is 12.1 Å². The normalized spacial score (nSPS) is 25.3. The average Bonchev–Trinajstić information content (AvgIpc) is 2.74. The number of nitrogen functional groups attached to an aromatic ring is 1. The number of pyridine rings is 1. The number of anilines is 1. The molecule has 2 N–H and O–H groups in total. The fraction of sp³-hybridized carbons (Fsp3) is 0.583. The minimum atomic E-state index is 0.137. The van der Waals surface area contributed by atoms with Crippen LogP contribution >= 0.6 is 0 Å². The highest BCUT2D eigenvalue weighted by atomic mass is 16.5. The smallest absolute Gasteiger partial charge is 0.127 e. The summed E-state index contributed by atoms with van der Waals surface area (Å²) in [6.45, 7) is 2.52. The van der Waals surface area contributed by atoms with Crippen LogP contribution in [0.25, 0.3) is 0 Å². The molecule has 0 saturated carbocycles. The fourth-order valence-electron chi connectivity index (χ4n) is 2.23. The first-order valence-corrected chi connectivity index (χ1v) is 5.72. The predicted octanol–water partition coefficient (Wildman–Crippen LogP) is 0.509. The number of likely N-dealkylation sites (tertiary alicyclic amines) is 1. The van der Waals surface area contributed by atoms with Gasteiger partial charge in [-0.25, -0.2) is 4.98 Å². The van der Waals surface area contributed by atoms with Crippen LogP contribution in [-0.4, -0.2) is 49.4 Å². The van der Waals surface area contributed by atoms with Crippen molar-refractivity contribution in [2.24, 2.45) is 0 Å². The average molecular weight is 237 g/mol. The van der Waals surface area contributed by atoms with Gasteiger partial charge in [0.05, 0.1) is 12.2 Å². The van der Waals surface area contributed by atoms with Gasteiger partial charge in [0.1, 0.15) is 5.82 Å². The van der Waals surface area contributed by atoms with Gasteiger partial charge in [0.15, 0.2) is 0 Å². The highest BCUT2D eigenvalue weighted by molar-refractivity contribution is 5.38. The van der Waals surface area contributed by atoms with Crippen LogP contribution < -0.4 is 5.73 Å². The van der Waals surface area contributed by atoms with Crippen molar-refractivity contribution in [3.63, 3.8) is 0 Å². The van der Waals surface area contributed by atoms with Crippen molar-refractivity contribution < 1.29 is 9.47 Å². The maximum atomic E-state index is 5.83. The lowest BCUT2D eigenvalue weighted by Gasteiger charge is -2.15. The van der Waals surface area contributed by atoms with Gasteiger partial charge in [0, 0.05) is 45.6 Å². The maximum Gasteiger partial charge on any atom is 0.127 e. The molecule has 2 atom stereocenters. The molecule has 1 saturated heterocycles. The second-order valence-corrected chi connectivity index (χ2v) is 4.29. The van der Waals surface area contributed by atoms with E-state index in [0.717, 1.165) is 25.2 Å². The maximum absolute atomic E-state index is 5.83. The van der Waals surface area contributed by atoms with Gasteiger partial charge >= 0.3 is 0 Å². The van der Waals surface area contributed by atoms with Gasteiger partial charge in [-0.2, -0.15) is 0 Å². The van der Waals surface area contributed by atoms with E-state index in [0.29, 0.717) is 5.82 Å². The summed E-state index contributed by atoms with van der Waals surface area (Å²) in [6, 6.07) is 3.91. The molecule has 0 aromatic carbocycles. The minimum absolute atomic E-state index is 0.137.